The number of hydrogen-bond donors (Lipinski definition) is 2. The summed E-state index contributed by atoms with van der Waals surface area (Å²) in [5.74, 6) is 1.92. The monoisotopic (exact) mass is 248 g/mol. The van der Waals surface area contributed by atoms with E-state index < -0.39 is 0 Å². The number of ether oxygens (including phenoxy) is 2. The van der Waals surface area contributed by atoms with E-state index in [-0.39, 0.29) is 0 Å². The lowest BCUT2D eigenvalue weighted by atomic mass is 10.2. The van der Waals surface area contributed by atoms with Crippen LogP contribution in [0.2, 0.25) is 0 Å². The van der Waals surface area contributed by atoms with E-state index in [1.165, 1.54) is 6.39 Å². The van der Waals surface area contributed by atoms with Gasteiger partial charge in [-0.25, -0.2) is 0 Å². The number of nitrogens with one attached hydrogen (secondary N) is 1. The molecular weight excluding hydrogens is 236 g/mol. The zero-order chi connectivity index (χ0) is 12.4. The first-order valence-electron chi connectivity index (χ1n) is 5.51. The average Bonchev–Trinajstić information content (AvgIpc) is 2.89. The largest absolute Gasteiger partial charge is 0.486 e. The van der Waals surface area contributed by atoms with Gasteiger partial charge in [0.2, 0.25) is 6.39 Å². The molecule has 0 saturated heterocycles. The molecule has 3 N–H and O–H groups in total. The van der Waals surface area contributed by atoms with Crippen LogP contribution < -0.4 is 20.5 Å². The summed E-state index contributed by atoms with van der Waals surface area (Å²) in [7, 11) is 0. The molecule has 1 aromatic heterocycles. The second kappa shape index (κ2) is 4.44. The number of nitrogens with zero attached hydrogens (tertiary/aromatic N) is 2. The molecular formula is C11H12N4O3. The molecule has 18 heavy (non-hydrogen) atoms. The van der Waals surface area contributed by atoms with Crippen molar-refractivity contribution in [3.8, 4) is 11.5 Å². The number of aromatic nitrogens is 2. The average molecular weight is 248 g/mol. The lowest BCUT2D eigenvalue weighted by Gasteiger charge is -2.20. The Morgan fingerprint density at radius 2 is 2.00 bits per heavy atom. The second-order valence-corrected chi connectivity index (χ2v) is 3.78. The van der Waals surface area contributed by atoms with Crippen LogP contribution in [0.15, 0.2) is 23.0 Å². The van der Waals surface area contributed by atoms with Crippen LogP contribution in [0.25, 0.3) is 0 Å². The van der Waals surface area contributed by atoms with Crippen molar-refractivity contribution in [2.75, 3.05) is 24.3 Å². The second-order valence-electron chi connectivity index (χ2n) is 3.78. The van der Waals surface area contributed by atoms with Gasteiger partial charge < -0.3 is 25.0 Å². The first-order chi connectivity index (χ1) is 8.83. The van der Waals surface area contributed by atoms with Gasteiger partial charge in [0, 0.05) is 12.1 Å². The summed E-state index contributed by atoms with van der Waals surface area (Å²) in [6.45, 7) is 1.52. The summed E-state index contributed by atoms with van der Waals surface area (Å²) in [6.07, 6.45) is 1.28. The van der Waals surface area contributed by atoms with Gasteiger partial charge in [-0.15, -0.1) is 0 Å². The number of fused-ring (bicyclic) bond motifs is 1. The molecule has 1 aromatic carbocycles. The molecule has 0 unspecified atom stereocenters. The predicted molar refractivity (Wildman–Crippen MR) is 63.5 cm³/mol. The Morgan fingerprint density at radius 1 is 1.22 bits per heavy atom. The molecule has 2 heterocycles. The molecule has 0 spiro atoms. The number of hydrogen-bond acceptors (Lipinski definition) is 7. The third-order valence-corrected chi connectivity index (χ3v) is 2.56. The lowest BCUT2D eigenvalue weighted by Crippen LogP contribution is -2.16. The van der Waals surface area contributed by atoms with Crippen LogP contribution in [0.5, 0.6) is 11.5 Å². The highest BCUT2D eigenvalue weighted by Gasteiger charge is 2.14. The first-order valence-corrected chi connectivity index (χ1v) is 5.51. The molecule has 0 bridgehead atoms. The van der Waals surface area contributed by atoms with Crippen LogP contribution in [-0.2, 0) is 6.54 Å². The van der Waals surface area contributed by atoms with Gasteiger partial charge >= 0.3 is 0 Å². The van der Waals surface area contributed by atoms with Crippen molar-refractivity contribution in [1.29, 1.82) is 0 Å². The maximum Gasteiger partial charge on any atom is 0.213 e. The van der Waals surface area contributed by atoms with Crippen LogP contribution in [0, 0.1) is 0 Å². The quantitative estimate of drug-likeness (QED) is 0.783. The van der Waals surface area contributed by atoms with Crippen LogP contribution in [0.1, 0.15) is 5.82 Å². The highest BCUT2D eigenvalue weighted by molar-refractivity contribution is 5.72. The summed E-state index contributed by atoms with van der Waals surface area (Å²) in [4.78, 5) is 3.91. The van der Waals surface area contributed by atoms with Gasteiger partial charge in [-0.05, 0) is 0 Å². The van der Waals surface area contributed by atoms with Crippen LogP contribution in [-0.4, -0.2) is 23.4 Å². The lowest BCUT2D eigenvalue weighted by molar-refractivity contribution is 0.172. The maximum absolute atomic E-state index is 5.92. The van der Waals surface area contributed by atoms with E-state index >= 15 is 0 Å². The Kier molecular flexibility index (Phi) is 2.64. The molecule has 7 nitrogen and oxygen atoms in total. The molecule has 0 atom stereocenters. The topological polar surface area (TPSA) is 95.4 Å². The summed E-state index contributed by atoms with van der Waals surface area (Å²) in [5.41, 5.74) is 7.26. The Bertz CT molecular complexity index is 541. The smallest absolute Gasteiger partial charge is 0.213 e. The summed E-state index contributed by atoms with van der Waals surface area (Å²) >= 11 is 0. The van der Waals surface area contributed by atoms with Gasteiger partial charge in [-0.1, -0.05) is 5.16 Å². The van der Waals surface area contributed by atoms with E-state index in [1.807, 2.05) is 6.07 Å². The minimum atomic E-state index is 0.431. The summed E-state index contributed by atoms with van der Waals surface area (Å²) < 4.78 is 15.6. The van der Waals surface area contributed by atoms with E-state index in [0.717, 1.165) is 5.69 Å². The highest BCUT2D eigenvalue weighted by atomic mass is 16.6. The Hall–Kier alpha value is -2.44. The fraction of sp³-hybridized carbons (Fsp3) is 0.273. The van der Waals surface area contributed by atoms with Crippen LogP contribution in [0.3, 0.4) is 0 Å². The molecule has 1 aliphatic heterocycles. The van der Waals surface area contributed by atoms with Crippen molar-refractivity contribution in [1.82, 2.24) is 10.1 Å². The van der Waals surface area contributed by atoms with Crippen LogP contribution >= 0.6 is 0 Å². The number of anilines is 2. The van der Waals surface area contributed by atoms with Crippen molar-refractivity contribution in [3.63, 3.8) is 0 Å². The fourth-order valence-electron chi connectivity index (χ4n) is 1.70. The van der Waals surface area contributed by atoms with Gasteiger partial charge in [0.1, 0.15) is 13.2 Å². The van der Waals surface area contributed by atoms with Gasteiger partial charge in [0.05, 0.1) is 17.9 Å². The fourth-order valence-corrected chi connectivity index (χ4v) is 1.70. The zero-order valence-electron chi connectivity index (χ0n) is 9.55. The van der Waals surface area contributed by atoms with Gasteiger partial charge in [-0.2, -0.15) is 4.98 Å². The van der Waals surface area contributed by atoms with Crippen molar-refractivity contribution in [2.24, 2.45) is 0 Å². The molecule has 2 aromatic rings. The van der Waals surface area contributed by atoms with Crippen molar-refractivity contribution >= 4 is 11.4 Å². The third kappa shape index (κ3) is 2.02. The molecule has 0 saturated carbocycles. The Labute approximate surface area is 103 Å². The summed E-state index contributed by atoms with van der Waals surface area (Å²) in [6, 6.07) is 3.55. The van der Waals surface area contributed by atoms with Gasteiger partial charge in [-0.3, -0.25) is 0 Å². The third-order valence-electron chi connectivity index (χ3n) is 2.56. The molecule has 7 heteroatoms. The molecule has 0 fully saturated rings. The SMILES string of the molecule is Nc1cc2c(cc1NCc1ncon1)OCCO2. The predicted octanol–water partition coefficient (Wildman–Crippen LogP) is 1.04. The Balaban J connectivity index is 1.79. The highest BCUT2D eigenvalue weighted by Crippen LogP contribution is 2.36. The number of rotatable bonds is 3. The van der Waals surface area contributed by atoms with Gasteiger partial charge in [0.15, 0.2) is 17.3 Å². The standard InChI is InChI=1S/C11H12N4O3/c12-7-3-9-10(17-2-1-16-9)4-8(7)13-5-11-14-6-18-15-11/h3-4,6,13H,1-2,5,12H2. The van der Waals surface area contributed by atoms with E-state index in [4.69, 9.17) is 15.2 Å². The normalized spacial score (nSPS) is 13.3. The van der Waals surface area contributed by atoms with Crippen molar-refractivity contribution < 1.29 is 14.0 Å². The van der Waals surface area contributed by atoms with Gasteiger partial charge in [0.25, 0.3) is 0 Å². The first kappa shape index (κ1) is 10.7. The molecule has 0 amide bonds. The van der Waals surface area contributed by atoms with E-state index in [2.05, 4.69) is 20.0 Å². The number of benzene rings is 1. The van der Waals surface area contributed by atoms with Crippen LogP contribution in [0.4, 0.5) is 11.4 Å². The van der Waals surface area contributed by atoms with Crippen molar-refractivity contribution in [3.05, 3.63) is 24.4 Å². The number of nitrogen functional groups attached to an aromatic ring is 1. The van der Waals surface area contributed by atoms with E-state index in [9.17, 15) is 0 Å². The zero-order valence-corrected chi connectivity index (χ0v) is 9.55. The molecule has 0 radical (unpaired) electrons. The minimum absolute atomic E-state index is 0.431. The molecule has 94 valence electrons. The molecule has 0 aliphatic carbocycles. The molecule has 3 rings (SSSR count). The minimum Gasteiger partial charge on any atom is -0.486 e. The summed E-state index contributed by atoms with van der Waals surface area (Å²) in [5, 5.41) is 6.82. The maximum atomic E-state index is 5.92. The Morgan fingerprint density at radius 3 is 2.72 bits per heavy atom. The number of nitrogens with two attached hydrogens (primary N) is 1. The van der Waals surface area contributed by atoms with E-state index in [0.29, 0.717) is 42.8 Å². The van der Waals surface area contributed by atoms with E-state index in [1.54, 1.807) is 6.07 Å². The molecule has 1 aliphatic rings. The van der Waals surface area contributed by atoms with Crippen molar-refractivity contribution in [2.45, 2.75) is 6.54 Å².